The molecule has 122 valence electrons. The Hall–Kier alpha value is -1.63. The highest BCUT2D eigenvalue weighted by Crippen LogP contribution is 2.28. The van der Waals surface area contributed by atoms with E-state index in [0.29, 0.717) is 28.8 Å². The fourth-order valence-electron chi connectivity index (χ4n) is 2.11. The van der Waals surface area contributed by atoms with Crippen LogP contribution in [-0.2, 0) is 13.1 Å². The Morgan fingerprint density at radius 2 is 1.91 bits per heavy atom. The fourth-order valence-corrected chi connectivity index (χ4v) is 2.99. The second-order valence-electron chi connectivity index (χ2n) is 4.67. The van der Waals surface area contributed by atoms with Gasteiger partial charge in [-0.15, -0.1) is 0 Å². The van der Waals surface area contributed by atoms with Crippen molar-refractivity contribution in [3.8, 4) is 5.88 Å². The standard InChI is InChI=1S/C15H15Cl2N3O2S/c1-3-19-13(21)10(14(22)20(4-2)15(19)23)8-18-12-6-5-9(16)7-11(12)17/h5-8,21H,3-4H2,1-2H3. The Morgan fingerprint density at radius 3 is 2.48 bits per heavy atom. The van der Waals surface area contributed by atoms with Gasteiger partial charge in [-0.05, 0) is 44.3 Å². The normalized spacial score (nSPS) is 11.3. The summed E-state index contributed by atoms with van der Waals surface area (Å²) in [6, 6.07) is 4.83. The minimum Gasteiger partial charge on any atom is -0.494 e. The number of hydrogen-bond donors (Lipinski definition) is 1. The summed E-state index contributed by atoms with van der Waals surface area (Å²) in [5.74, 6) is -0.207. The lowest BCUT2D eigenvalue weighted by Crippen LogP contribution is -2.27. The SMILES string of the molecule is CCn1c(O)c(C=Nc2ccc(Cl)cc2Cl)c(=O)n(CC)c1=S. The first-order chi connectivity index (χ1) is 10.9. The second kappa shape index (κ2) is 7.29. The van der Waals surface area contributed by atoms with Crippen LogP contribution in [0.1, 0.15) is 19.4 Å². The summed E-state index contributed by atoms with van der Waals surface area (Å²) >= 11 is 17.1. The predicted octanol–water partition coefficient (Wildman–Crippen LogP) is 4.18. The van der Waals surface area contributed by atoms with Crippen LogP contribution in [0.15, 0.2) is 28.0 Å². The van der Waals surface area contributed by atoms with Gasteiger partial charge in [0.05, 0.1) is 10.7 Å². The molecular weight excluding hydrogens is 357 g/mol. The van der Waals surface area contributed by atoms with Crippen molar-refractivity contribution in [3.63, 3.8) is 0 Å². The van der Waals surface area contributed by atoms with Gasteiger partial charge in [0.2, 0.25) is 5.88 Å². The van der Waals surface area contributed by atoms with Crippen LogP contribution in [-0.4, -0.2) is 20.5 Å². The topological polar surface area (TPSA) is 59.5 Å². The third-order valence-electron chi connectivity index (χ3n) is 3.31. The van der Waals surface area contributed by atoms with Crippen molar-refractivity contribution < 1.29 is 5.11 Å². The van der Waals surface area contributed by atoms with E-state index in [2.05, 4.69) is 4.99 Å². The minimum absolute atomic E-state index is 0.0633. The van der Waals surface area contributed by atoms with Crippen LogP contribution in [0, 0.1) is 4.77 Å². The third kappa shape index (κ3) is 3.49. The second-order valence-corrected chi connectivity index (χ2v) is 5.88. The van der Waals surface area contributed by atoms with Crippen molar-refractivity contribution in [3.05, 3.63) is 48.9 Å². The largest absolute Gasteiger partial charge is 0.494 e. The van der Waals surface area contributed by atoms with Gasteiger partial charge in [0.25, 0.3) is 5.56 Å². The van der Waals surface area contributed by atoms with Crippen molar-refractivity contribution in [1.82, 2.24) is 9.13 Å². The van der Waals surface area contributed by atoms with E-state index in [4.69, 9.17) is 35.4 Å². The molecule has 2 aromatic rings. The summed E-state index contributed by atoms with van der Waals surface area (Å²) in [6.07, 6.45) is 1.29. The molecule has 0 unspecified atom stereocenters. The number of aromatic hydroxyl groups is 1. The van der Waals surface area contributed by atoms with E-state index < -0.39 is 5.56 Å². The molecule has 0 radical (unpaired) electrons. The van der Waals surface area contributed by atoms with E-state index in [9.17, 15) is 9.90 Å². The van der Waals surface area contributed by atoms with E-state index in [1.807, 2.05) is 13.8 Å². The van der Waals surface area contributed by atoms with Gasteiger partial charge in [-0.25, -0.2) is 0 Å². The molecule has 0 spiro atoms. The van der Waals surface area contributed by atoms with Gasteiger partial charge < -0.3 is 5.11 Å². The lowest BCUT2D eigenvalue weighted by molar-refractivity contribution is 0.399. The summed E-state index contributed by atoms with van der Waals surface area (Å²) in [4.78, 5) is 16.6. The molecule has 0 saturated carbocycles. The van der Waals surface area contributed by atoms with Gasteiger partial charge >= 0.3 is 0 Å². The van der Waals surface area contributed by atoms with E-state index in [1.165, 1.54) is 15.3 Å². The summed E-state index contributed by atoms with van der Waals surface area (Å²) in [5, 5.41) is 11.1. The molecule has 0 aliphatic carbocycles. The van der Waals surface area contributed by atoms with Gasteiger partial charge in [-0.2, -0.15) is 0 Å². The Labute approximate surface area is 148 Å². The molecule has 1 heterocycles. The van der Waals surface area contributed by atoms with Crippen LogP contribution in [0.4, 0.5) is 5.69 Å². The fraction of sp³-hybridized carbons (Fsp3) is 0.267. The number of aliphatic imine (C=N–C) groups is 1. The predicted molar refractivity (Wildman–Crippen MR) is 96.3 cm³/mol. The molecule has 5 nitrogen and oxygen atoms in total. The van der Waals surface area contributed by atoms with Crippen LogP contribution in [0.25, 0.3) is 0 Å². The molecular formula is C15H15Cl2N3O2S. The number of hydrogen-bond acceptors (Lipinski definition) is 4. The van der Waals surface area contributed by atoms with Crippen LogP contribution in [0.5, 0.6) is 5.88 Å². The molecule has 0 aliphatic heterocycles. The van der Waals surface area contributed by atoms with E-state index >= 15 is 0 Å². The summed E-state index contributed by atoms with van der Waals surface area (Å²) in [7, 11) is 0. The maximum atomic E-state index is 12.4. The average Bonchev–Trinajstić information content (AvgIpc) is 2.50. The van der Waals surface area contributed by atoms with E-state index in [-0.39, 0.29) is 16.2 Å². The molecule has 8 heteroatoms. The molecule has 0 aliphatic rings. The summed E-state index contributed by atoms with van der Waals surface area (Å²) in [6.45, 7) is 4.48. The van der Waals surface area contributed by atoms with Crippen molar-refractivity contribution in [2.45, 2.75) is 26.9 Å². The Morgan fingerprint density at radius 1 is 1.26 bits per heavy atom. The maximum absolute atomic E-state index is 12.4. The molecule has 1 aromatic heterocycles. The molecule has 2 rings (SSSR count). The first-order valence-corrected chi connectivity index (χ1v) is 8.12. The number of benzene rings is 1. The van der Waals surface area contributed by atoms with E-state index in [0.717, 1.165) is 0 Å². The number of aromatic nitrogens is 2. The molecule has 1 N–H and O–H groups in total. The molecule has 0 fully saturated rings. The zero-order chi connectivity index (χ0) is 17.1. The zero-order valence-corrected chi connectivity index (χ0v) is 14.9. The monoisotopic (exact) mass is 371 g/mol. The van der Waals surface area contributed by atoms with Crippen molar-refractivity contribution in [2.24, 2.45) is 4.99 Å². The average molecular weight is 372 g/mol. The van der Waals surface area contributed by atoms with Gasteiger partial charge in [-0.3, -0.25) is 18.9 Å². The molecule has 0 saturated heterocycles. The first kappa shape index (κ1) is 17.7. The van der Waals surface area contributed by atoms with E-state index in [1.54, 1.807) is 18.2 Å². The molecule has 0 bridgehead atoms. The summed E-state index contributed by atoms with van der Waals surface area (Å²) in [5.41, 5.74) is 0.116. The highest BCUT2D eigenvalue weighted by molar-refractivity contribution is 7.71. The highest BCUT2D eigenvalue weighted by atomic mass is 35.5. The van der Waals surface area contributed by atoms with Crippen molar-refractivity contribution in [2.75, 3.05) is 0 Å². The smallest absolute Gasteiger partial charge is 0.267 e. The van der Waals surface area contributed by atoms with Gasteiger partial charge in [0.1, 0.15) is 5.56 Å². The van der Waals surface area contributed by atoms with Crippen molar-refractivity contribution >= 4 is 47.3 Å². The van der Waals surface area contributed by atoms with Gasteiger partial charge in [-0.1, -0.05) is 23.2 Å². The summed E-state index contributed by atoms with van der Waals surface area (Å²) < 4.78 is 3.16. The van der Waals surface area contributed by atoms with Crippen LogP contribution < -0.4 is 5.56 Å². The van der Waals surface area contributed by atoms with Crippen LogP contribution in [0.2, 0.25) is 10.0 Å². The van der Waals surface area contributed by atoms with Gasteiger partial charge in [0.15, 0.2) is 4.77 Å². The minimum atomic E-state index is -0.395. The van der Waals surface area contributed by atoms with Crippen LogP contribution in [0.3, 0.4) is 0 Å². The molecule has 0 amide bonds. The lowest BCUT2D eigenvalue weighted by Gasteiger charge is -2.13. The molecule has 1 aromatic carbocycles. The number of rotatable bonds is 4. The number of nitrogens with zero attached hydrogens (tertiary/aromatic N) is 3. The highest BCUT2D eigenvalue weighted by Gasteiger charge is 2.14. The zero-order valence-electron chi connectivity index (χ0n) is 12.6. The van der Waals surface area contributed by atoms with Crippen molar-refractivity contribution in [1.29, 1.82) is 0 Å². The van der Waals surface area contributed by atoms with Crippen LogP contribution >= 0.6 is 35.4 Å². The number of halogens is 2. The molecule has 0 atom stereocenters. The third-order valence-corrected chi connectivity index (χ3v) is 4.29. The van der Waals surface area contributed by atoms with Gasteiger partial charge in [0, 0.05) is 24.3 Å². The first-order valence-electron chi connectivity index (χ1n) is 6.96. The molecule has 23 heavy (non-hydrogen) atoms. The Balaban J connectivity index is 2.62. The quantitative estimate of drug-likeness (QED) is 0.647. The Bertz CT molecular complexity index is 888. The Kier molecular flexibility index (Phi) is 5.62. The maximum Gasteiger partial charge on any atom is 0.267 e. The lowest BCUT2D eigenvalue weighted by atomic mass is 10.3.